The molecule has 0 radical (unpaired) electrons. The molecule has 0 spiro atoms. The highest BCUT2D eigenvalue weighted by Crippen LogP contribution is 2.38. The third-order valence-electron chi connectivity index (χ3n) is 4.76. The zero-order chi connectivity index (χ0) is 25.0. The van der Waals surface area contributed by atoms with Gasteiger partial charge in [-0.15, -0.1) is 0 Å². The van der Waals surface area contributed by atoms with E-state index in [-0.39, 0.29) is 23.0 Å². The Morgan fingerprint density at radius 2 is 1.74 bits per heavy atom. The summed E-state index contributed by atoms with van der Waals surface area (Å²) in [5, 5.41) is 2.72. The number of benzene rings is 2. The average molecular weight is 550 g/mol. The molecule has 1 fully saturated rings. The number of nitrogens with one attached hydrogen (secondary N) is 1. The smallest absolute Gasteiger partial charge is 0.265 e. The molecule has 8 nitrogen and oxygen atoms in total. The number of anilines is 1. The normalized spacial score (nSPS) is 13.8. The van der Waals surface area contributed by atoms with E-state index in [1.807, 2.05) is 0 Å². The van der Waals surface area contributed by atoms with Crippen molar-refractivity contribution in [3.8, 4) is 11.5 Å². The number of carbonyl (C=O) groups is 3. The Morgan fingerprint density at radius 3 is 2.32 bits per heavy atom. The standard InChI is InChI=1S/C23H21BrFN3O5S/c1-4-32-18-11-13(9-16-21(30)27(2)23(34)28(3)22(16)31)10-17(24)20(18)33-12-19(29)26-15-7-5-14(25)6-8-15/h5-11H,4,12H2,1-3H3,(H,26,29). The maximum atomic E-state index is 13.0. The highest BCUT2D eigenvalue weighted by molar-refractivity contribution is 9.10. The summed E-state index contributed by atoms with van der Waals surface area (Å²) in [6, 6.07) is 8.58. The van der Waals surface area contributed by atoms with Crippen LogP contribution in [0.2, 0.25) is 0 Å². The number of hydrogen-bond donors (Lipinski definition) is 1. The SMILES string of the molecule is CCOc1cc(C=C2C(=O)N(C)C(=S)N(C)C2=O)cc(Br)c1OCC(=O)Nc1ccc(F)cc1. The van der Waals surface area contributed by atoms with Crippen molar-refractivity contribution in [1.29, 1.82) is 0 Å². The number of hydrogen-bond acceptors (Lipinski definition) is 6. The molecule has 3 rings (SSSR count). The van der Waals surface area contributed by atoms with Crippen molar-refractivity contribution in [3.63, 3.8) is 0 Å². The molecule has 1 aliphatic heterocycles. The largest absolute Gasteiger partial charge is 0.490 e. The van der Waals surface area contributed by atoms with Crippen molar-refractivity contribution in [2.24, 2.45) is 0 Å². The molecule has 34 heavy (non-hydrogen) atoms. The first-order chi connectivity index (χ1) is 16.1. The number of thiocarbonyl (C=S) groups is 1. The van der Waals surface area contributed by atoms with E-state index in [4.69, 9.17) is 21.7 Å². The van der Waals surface area contributed by atoms with Gasteiger partial charge in [-0.1, -0.05) is 0 Å². The van der Waals surface area contributed by atoms with E-state index in [9.17, 15) is 18.8 Å². The Labute approximate surface area is 209 Å². The van der Waals surface area contributed by atoms with E-state index in [0.29, 0.717) is 28.1 Å². The van der Waals surface area contributed by atoms with Crippen LogP contribution in [0.3, 0.4) is 0 Å². The Balaban J connectivity index is 1.82. The Morgan fingerprint density at radius 1 is 1.12 bits per heavy atom. The van der Waals surface area contributed by atoms with Gasteiger partial charge in [0.05, 0.1) is 11.1 Å². The van der Waals surface area contributed by atoms with Crippen molar-refractivity contribution < 1.29 is 28.2 Å². The molecule has 3 amide bonds. The summed E-state index contributed by atoms with van der Waals surface area (Å²) in [6.07, 6.45) is 1.44. The van der Waals surface area contributed by atoms with E-state index >= 15 is 0 Å². The van der Waals surface area contributed by atoms with Crippen molar-refractivity contribution in [2.45, 2.75) is 6.92 Å². The van der Waals surface area contributed by atoms with Crippen molar-refractivity contribution >= 4 is 62.7 Å². The van der Waals surface area contributed by atoms with Crippen LogP contribution in [0.1, 0.15) is 12.5 Å². The van der Waals surface area contributed by atoms with Crippen molar-refractivity contribution in [1.82, 2.24) is 9.80 Å². The Kier molecular flexibility index (Phi) is 8.00. The van der Waals surface area contributed by atoms with Crippen LogP contribution >= 0.6 is 28.1 Å². The molecule has 178 valence electrons. The summed E-state index contributed by atoms with van der Waals surface area (Å²) < 4.78 is 24.8. The number of rotatable bonds is 7. The van der Waals surface area contributed by atoms with E-state index in [0.717, 1.165) is 0 Å². The number of amides is 3. The molecule has 1 N–H and O–H groups in total. The molecule has 2 aromatic rings. The van der Waals surface area contributed by atoms with E-state index in [2.05, 4.69) is 21.2 Å². The summed E-state index contributed by atoms with van der Waals surface area (Å²) in [7, 11) is 2.99. The molecule has 1 saturated heterocycles. The van der Waals surface area contributed by atoms with Gasteiger partial charge in [0, 0.05) is 19.8 Å². The van der Waals surface area contributed by atoms with Crippen LogP contribution < -0.4 is 14.8 Å². The van der Waals surface area contributed by atoms with Gasteiger partial charge >= 0.3 is 0 Å². The molecule has 0 atom stereocenters. The summed E-state index contributed by atoms with van der Waals surface area (Å²) in [5.41, 5.74) is 0.877. The third-order valence-corrected chi connectivity index (χ3v) is 5.90. The van der Waals surface area contributed by atoms with Crippen molar-refractivity contribution in [2.75, 3.05) is 32.6 Å². The zero-order valence-corrected chi connectivity index (χ0v) is 21.0. The van der Waals surface area contributed by atoms with E-state index in [1.54, 1.807) is 19.1 Å². The molecular weight excluding hydrogens is 529 g/mol. The molecule has 11 heteroatoms. The maximum absolute atomic E-state index is 13.0. The molecule has 0 saturated carbocycles. The van der Waals surface area contributed by atoms with Gasteiger partial charge in [-0.3, -0.25) is 24.2 Å². The number of carbonyl (C=O) groups excluding carboxylic acids is 3. The minimum absolute atomic E-state index is 0.0553. The zero-order valence-electron chi connectivity index (χ0n) is 18.6. The fourth-order valence-corrected chi connectivity index (χ4v) is 3.82. The van der Waals surface area contributed by atoms with Gasteiger partial charge in [0.2, 0.25) is 0 Å². The minimum atomic E-state index is -0.514. The van der Waals surface area contributed by atoms with Crippen LogP contribution in [0.4, 0.5) is 10.1 Å². The predicted molar refractivity (Wildman–Crippen MR) is 132 cm³/mol. The molecule has 2 aromatic carbocycles. The number of halogens is 2. The lowest BCUT2D eigenvalue weighted by Gasteiger charge is -2.31. The lowest BCUT2D eigenvalue weighted by Crippen LogP contribution is -2.52. The number of ether oxygens (including phenoxy) is 2. The number of nitrogens with zero attached hydrogens (tertiary/aromatic N) is 2. The first-order valence-corrected chi connectivity index (χ1v) is 11.3. The second kappa shape index (κ2) is 10.7. The first-order valence-electron chi connectivity index (χ1n) is 10.1. The maximum Gasteiger partial charge on any atom is 0.265 e. The summed E-state index contributed by atoms with van der Waals surface area (Å²) in [6.45, 7) is 1.76. The quantitative estimate of drug-likeness (QED) is 0.322. The van der Waals surface area contributed by atoms with Gasteiger partial charge in [-0.25, -0.2) is 4.39 Å². The van der Waals surface area contributed by atoms with Crippen LogP contribution in [-0.4, -0.2) is 59.9 Å². The van der Waals surface area contributed by atoms with Gasteiger partial charge in [-0.2, -0.15) is 0 Å². The predicted octanol–water partition coefficient (Wildman–Crippen LogP) is 3.60. The Bertz CT molecular complexity index is 1160. The molecule has 0 unspecified atom stereocenters. The fourth-order valence-electron chi connectivity index (χ4n) is 3.08. The van der Waals surface area contributed by atoms with Crippen LogP contribution in [0, 0.1) is 5.82 Å². The average Bonchev–Trinajstić information content (AvgIpc) is 2.80. The number of likely N-dealkylation sites (N-methyl/N-ethyl adjacent to an activating group) is 2. The molecule has 0 aromatic heterocycles. The van der Waals surface area contributed by atoms with Crippen molar-refractivity contribution in [3.05, 3.63) is 57.8 Å². The lowest BCUT2D eigenvalue weighted by atomic mass is 10.1. The first kappa shape index (κ1) is 25.3. The van der Waals surface area contributed by atoms with E-state index < -0.39 is 23.5 Å². The van der Waals surface area contributed by atoms with Crippen LogP contribution in [0.5, 0.6) is 11.5 Å². The van der Waals surface area contributed by atoms with Gasteiger partial charge < -0.3 is 14.8 Å². The Hall–Kier alpha value is -3.31. The van der Waals surface area contributed by atoms with Crippen LogP contribution in [0.25, 0.3) is 6.08 Å². The summed E-state index contributed by atoms with van der Waals surface area (Å²) in [5.74, 6) is -1.30. The van der Waals surface area contributed by atoms with Crippen LogP contribution in [-0.2, 0) is 14.4 Å². The summed E-state index contributed by atoms with van der Waals surface area (Å²) in [4.78, 5) is 39.9. The topological polar surface area (TPSA) is 88.2 Å². The lowest BCUT2D eigenvalue weighted by molar-refractivity contribution is -0.132. The second-order valence-corrected chi connectivity index (χ2v) is 8.40. The van der Waals surface area contributed by atoms with Gasteiger partial charge in [0.1, 0.15) is 11.4 Å². The fraction of sp³-hybridized carbons (Fsp3) is 0.217. The highest BCUT2D eigenvalue weighted by atomic mass is 79.9. The minimum Gasteiger partial charge on any atom is -0.490 e. The van der Waals surface area contributed by atoms with Gasteiger partial charge in [0.25, 0.3) is 17.7 Å². The summed E-state index contributed by atoms with van der Waals surface area (Å²) >= 11 is 8.50. The molecular formula is C23H21BrFN3O5S. The van der Waals surface area contributed by atoms with Crippen LogP contribution in [0.15, 0.2) is 46.4 Å². The molecule has 1 aliphatic rings. The van der Waals surface area contributed by atoms with E-state index in [1.165, 1.54) is 54.2 Å². The second-order valence-electron chi connectivity index (χ2n) is 7.18. The monoisotopic (exact) mass is 549 g/mol. The highest BCUT2D eigenvalue weighted by Gasteiger charge is 2.35. The van der Waals surface area contributed by atoms with Gasteiger partial charge in [-0.05, 0) is 83.1 Å². The third kappa shape index (κ3) is 5.60. The molecule has 1 heterocycles. The van der Waals surface area contributed by atoms with Gasteiger partial charge in [0.15, 0.2) is 23.2 Å². The molecule has 0 bridgehead atoms. The molecule has 0 aliphatic carbocycles.